The molecular weight excluding hydrogens is 171 g/mol. The molecule has 0 fully saturated rings. The molecule has 1 aromatic rings. The van der Waals surface area contributed by atoms with Crippen molar-refractivity contribution in [2.45, 2.75) is 6.92 Å². The van der Waals surface area contributed by atoms with Gasteiger partial charge in [0.1, 0.15) is 11.4 Å². The van der Waals surface area contributed by atoms with E-state index in [-0.39, 0.29) is 5.69 Å². The van der Waals surface area contributed by atoms with Gasteiger partial charge in [0, 0.05) is 0 Å². The highest BCUT2D eigenvalue weighted by Crippen LogP contribution is 2.02. The minimum Gasteiger partial charge on any atom is -0.411 e. The molecule has 1 rings (SSSR count). The van der Waals surface area contributed by atoms with Crippen LogP contribution in [0.3, 0.4) is 0 Å². The number of pyridine rings is 1. The molecule has 0 spiro atoms. The molecule has 1 heterocycles. The van der Waals surface area contributed by atoms with E-state index in [0.29, 0.717) is 5.69 Å². The maximum atomic E-state index is 12.9. The largest absolute Gasteiger partial charge is 0.411 e. The average molecular weight is 178 g/mol. The van der Waals surface area contributed by atoms with Crippen LogP contribution in [0.2, 0.25) is 0 Å². The summed E-state index contributed by atoms with van der Waals surface area (Å²) in [6.07, 6.45) is 0.927. The maximum Gasteiger partial charge on any atom is 0.150 e. The van der Waals surface area contributed by atoms with Gasteiger partial charge in [0.05, 0.1) is 6.21 Å². The molecule has 3 nitrogen and oxygen atoms in total. The van der Waals surface area contributed by atoms with Crippen molar-refractivity contribution in [1.82, 2.24) is 4.98 Å². The van der Waals surface area contributed by atoms with Gasteiger partial charge >= 0.3 is 0 Å². The van der Waals surface area contributed by atoms with Gasteiger partial charge in [-0.3, -0.25) is 0 Å². The van der Waals surface area contributed by atoms with E-state index in [1.54, 1.807) is 6.92 Å². The summed E-state index contributed by atoms with van der Waals surface area (Å²) in [4.78, 5) is 3.79. The molecule has 0 amide bonds. The average Bonchev–Trinajstić information content (AvgIpc) is 2.12. The number of hydrogen-bond acceptors (Lipinski definition) is 3. The highest BCUT2D eigenvalue weighted by atomic mass is 19.1. The van der Waals surface area contributed by atoms with Gasteiger partial charge in [-0.1, -0.05) is 11.1 Å². The maximum absolute atomic E-state index is 12.9. The van der Waals surface area contributed by atoms with Gasteiger partial charge in [-0.15, -0.1) is 0 Å². The molecule has 0 aromatic carbocycles. The van der Waals surface area contributed by atoms with Crippen LogP contribution in [0.4, 0.5) is 4.39 Å². The fraction of sp³-hybridized carbons (Fsp3) is 0.111. The van der Waals surface area contributed by atoms with Crippen LogP contribution in [-0.2, 0) is 0 Å². The Bertz CT molecular complexity index is 390. The van der Waals surface area contributed by atoms with Crippen LogP contribution in [0.15, 0.2) is 17.3 Å². The van der Waals surface area contributed by atoms with Gasteiger partial charge in [-0.25, -0.2) is 9.37 Å². The summed E-state index contributed by atoms with van der Waals surface area (Å²) in [5.74, 6) is 4.75. The van der Waals surface area contributed by atoms with Crippen LogP contribution in [-0.4, -0.2) is 16.4 Å². The molecule has 0 saturated carbocycles. The standard InChI is InChI=1S/C9H7FN2O/c1-2-3-7-4-5-8(10)9(12-7)6-11-13/h4-6,13H,1H3/b11-6+. The number of nitrogens with zero attached hydrogens (tertiary/aromatic N) is 2. The fourth-order valence-electron chi connectivity index (χ4n) is 0.801. The van der Waals surface area contributed by atoms with Gasteiger partial charge < -0.3 is 5.21 Å². The molecule has 1 aromatic heterocycles. The lowest BCUT2D eigenvalue weighted by Gasteiger charge is -1.94. The van der Waals surface area contributed by atoms with E-state index in [0.717, 1.165) is 6.21 Å². The smallest absolute Gasteiger partial charge is 0.150 e. The van der Waals surface area contributed by atoms with Crippen LogP contribution in [0.1, 0.15) is 18.3 Å². The van der Waals surface area contributed by atoms with E-state index >= 15 is 0 Å². The van der Waals surface area contributed by atoms with Crippen molar-refractivity contribution in [3.8, 4) is 11.8 Å². The van der Waals surface area contributed by atoms with Crippen molar-refractivity contribution in [3.05, 3.63) is 29.3 Å². The zero-order chi connectivity index (χ0) is 9.68. The lowest BCUT2D eigenvalue weighted by molar-refractivity contribution is 0.321. The molecule has 66 valence electrons. The molecule has 0 aliphatic carbocycles. The number of hydrogen-bond donors (Lipinski definition) is 1. The number of aromatic nitrogens is 1. The zero-order valence-electron chi connectivity index (χ0n) is 6.95. The molecule has 0 aliphatic heterocycles. The van der Waals surface area contributed by atoms with E-state index in [1.807, 2.05) is 0 Å². The van der Waals surface area contributed by atoms with E-state index < -0.39 is 5.82 Å². The molecule has 0 aliphatic rings. The normalized spacial score (nSPS) is 9.69. The summed E-state index contributed by atoms with van der Waals surface area (Å²) in [6.45, 7) is 1.66. The quantitative estimate of drug-likeness (QED) is 0.306. The minimum absolute atomic E-state index is 0.0252. The van der Waals surface area contributed by atoms with Crippen LogP contribution in [0.25, 0.3) is 0 Å². The highest BCUT2D eigenvalue weighted by Gasteiger charge is 2.01. The van der Waals surface area contributed by atoms with E-state index in [2.05, 4.69) is 22.0 Å². The number of oxime groups is 1. The second-order valence-electron chi connectivity index (χ2n) is 2.18. The SMILES string of the molecule is CC#Cc1ccc(F)c(/C=N/O)n1. The first-order valence-corrected chi connectivity index (χ1v) is 3.54. The Balaban J connectivity index is 3.16. The third kappa shape index (κ3) is 2.27. The minimum atomic E-state index is -0.542. The molecule has 13 heavy (non-hydrogen) atoms. The van der Waals surface area contributed by atoms with Gasteiger partial charge in [0.15, 0.2) is 5.82 Å². The molecule has 0 saturated heterocycles. The summed E-state index contributed by atoms with van der Waals surface area (Å²) >= 11 is 0. The fourth-order valence-corrected chi connectivity index (χ4v) is 0.801. The highest BCUT2D eigenvalue weighted by molar-refractivity contribution is 5.76. The second-order valence-corrected chi connectivity index (χ2v) is 2.18. The third-order valence-electron chi connectivity index (χ3n) is 1.31. The van der Waals surface area contributed by atoms with Crippen molar-refractivity contribution >= 4 is 6.21 Å². The first-order valence-electron chi connectivity index (χ1n) is 3.54. The summed E-state index contributed by atoms with van der Waals surface area (Å²) in [5.41, 5.74) is 0.418. The van der Waals surface area contributed by atoms with Crippen molar-refractivity contribution in [1.29, 1.82) is 0 Å². The topological polar surface area (TPSA) is 45.5 Å². The summed E-state index contributed by atoms with van der Waals surface area (Å²) in [5, 5.41) is 10.9. The van der Waals surface area contributed by atoms with Gasteiger partial charge in [-0.05, 0) is 25.0 Å². The van der Waals surface area contributed by atoms with Crippen molar-refractivity contribution in [2.75, 3.05) is 0 Å². The monoisotopic (exact) mass is 178 g/mol. The Morgan fingerprint density at radius 1 is 1.62 bits per heavy atom. The van der Waals surface area contributed by atoms with E-state index in [1.165, 1.54) is 12.1 Å². The molecule has 1 N–H and O–H groups in total. The first-order chi connectivity index (χ1) is 6.27. The Kier molecular flexibility index (Phi) is 2.98. The molecule has 4 heteroatoms. The van der Waals surface area contributed by atoms with Crippen molar-refractivity contribution in [2.24, 2.45) is 5.16 Å². The summed E-state index contributed by atoms with van der Waals surface area (Å²) in [7, 11) is 0. The molecule has 0 atom stereocenters. The third-order valence-corrected chi connectivity index (χ3v) is 1.31. The zero-order valence-corrected chi connectivity index (χ0v) is 6.95. The Morgan fingerprint density at radius 2 is 2.38 bits per heavy atom. The molecule has 0 unspecified atom stereocenters. The van der Waals surface area contributed by atoms with Crippen LogP contribution in [0.5, 0.6) is 0 Å². The van der Waals surface area contributed by atoms with Crippen LogP contribution >= 0.6 is 0 Å². The van der Waals surface area contributed by atoms with Crippen LogP contribution in [0, 0.1) is 17.7 Å². The van der Waals surface area contributed by atoms with Gasteiger partial charge in [0.25, 0.3) is 0 Å². The van der Waals surface area contributed by atoms with E-state index in [9.17, 15) is 4.39 Å². The first kappa shape index (κ1) is 9.20. The Morgan fingerprint density at radius 3 is 3.00 bits per heavy atom. The molecule has 0 bridgehead atoms. The lowest BCUT2D eigenvalue weighted by atomic mass is 10.3. The predicted molar refractivity (Wildman–Crippen MR) is 46.1 cm³/mol. The second kappa shape index (κ2) is 4.21. The summed E-state index contributed by atoms with van der Waals surface area (Å²) in [6, 6.07) is 2.68. The van der Waals surface area contributed by atoms with Crippen molar-refractivity contribution in [3.63, 3.8) is 0 Å². The van der Waals surface area contributed by atoms with Gasteiger partial charge in [0.2, 0.25) is 0 Å². The van der Waals surface area contributed by atoms with Crippen molar-refractivity contribution < 1.29 is 9.60 Å². The Hall–Kier alpha value is -1.89. The van der Waals surface area contributed by atoms with Gasteiger partial charge in [-0.2, -0.15) is 0 Å². The van der Waals surface area contributed by atoms with E-state index in [4.69, 9.17) is 5.21 Å². The molecular formula is C9H7FN2O. The predicted octanol–water partition coefficient (Wildman–Crippen LogP) is 1.40. The summed E-state index contributed by atoms with van der Waals surface area (Å²) < 4.78 is 12.9. The lowest BCUT2D eigenvalue weighted by Crippen LogP contribution is -1.95. The number of rotatable bonds is 1. The van der Waals surface area contributed by atoms with Crippen LogP contribution < -0.4 is 0 Å². The number of halogens is 1. The molecule has 0 radical (unpaired) electrons. The Labute approximate surface area is 74.9 Å².